The molecule has 10 nitrogen and oxygen atoms in total. The largest absolute Gasteiger partial charge is 0.573 e. The van der Waals surface area contributed by atoms with Crippen molar-refractivity contribution in [2.75, 3.05) is 26.9 Å². The van der Waals surface area contributed by atoms with E-state index in [1.54, 1.807) is 13.8 Å². The van der Waals surface area contributed by atoms with Crippen LogP contribution in [0.25, 0.3) is 0 Å². The lowest BCUT2D eigenvalue weighted by molar-refractivity contribution is -0.146. The third-order valence-corrected chi connectivity index (χ3v) is 5.57. The molecule has 0 radical (unpaired) electrons. The highest BCUT2D eigenvalue weighted by Gasteiger charge is 2.58. The fraction of sp³-hybridized carbons (Fsp3) is 0.800. The predicted octanol–water partition coefficient (Wildman–Crippen LogP) is 0.0724. The topological polar surface area (TPSA) is 132 Å². The Morgan fingerprint density at radius 1 is 1.46 bits per heavy atom. The molecule has 2 rings (SSSR count). The Labute approximate surface area is 152 Å². The first-order valence-corrected chi connectivity index (χ1v) is 9.88. The van der Waals surface area contributed by atoms with Gasteiger partial charge in [-0.25, -0.2) is 0 Å². The smallest absolute Gasteiger partial charge is 0.463 e. The van der Waals surface area contributed by atoms with E-state index in [2.05, 4.69) is 10.6 Å². The molecular formula is C15H26N2O8P+. The molecule has 148 valence electrons. The van der Waals surface area contributed by atoms with E-state index in [4.69, 9.17) is 18.3 Å². The Hall–Kier alpha value is -1.32. The third-order valence-electron chi connectivity index (χ3n) is 4.18. The second-order valence-corrected chi connectivity index (χ2v) is 8.70. The van der Waals surface area contributed by atoms with Crippen molar-refractivity contribution in [2.45, 2.75) is 45.3 Å². The third kappa shape index (κ3) is 5.59. The summed E-state index contributed by atoms with van der Waals surface area (Å²) >= 11 is 0. The number of esters is 1. The van der Waals surface area contributed by atoms with Crippen molar-refractivity contribution in [1.29, 1.82) is 0 Å². The maximum atomic E-state index is 12.4. The molecule has 3 atom stereocenters. The Kier molecular flexibility index (Phi) is 6.92. The van der Waals surface area contributed by atoms with Crippen molar-refractivity contribution < 1.29 is 37.6 Å². The molecule has 0 spiro atoms. The average Bonchev–Trinajstić information content (AvgIpc) is 3.01. The van der Waals surface area contributed by atoms with Gasteiger partial charge in [0.15, 0.2) is 6.10 Å². The summed E-state index contributed by atoms with van der Waals surface area (Å²) in [6.45, 7) is 3.81. The van der Waals surface area contributed by atoms with Crippen LogP contribution >= 0.6 is 8.17 Å². The molecule has 0 aliphatic carbocycles. The first kappa shape index (κ1) is 21.0. The minimum Gasteiger partial charge on any atom is -0.463 e. The molecule has 2 amide bonds. The number of ether oxygens (including phenoxy) is 1. The first-order chi connectivity index (χ1) is 12.1. The number of carbonyl (C=O) groups is 3. The van der Waals surface area contributed by atoms with Crippen molar-refractivity contribution in [3.8, 4) is 0 Å². The van der Waals surface area contributed by atoms with Crippen LogP contribution in [0.2, 0.25) is 0 Å². The van der Waals surface area contributed by atoms with Gasteiger partial charge in [0.1, 0.15) is 13.2 Å². The molecule has 0 bridgehead atoms. The summed E-state index contributed by atoms with van der Waals surface area (Å²) in [7, 11) is -2.26. The van der Waals surface area contributed by atoms with Gasteiger partial charge < -0.3 is 15.4 Å². The van der Waals surface area contributed by atoms with E-state index in [0.717, 1.165) is 0 Å². The zero-order chi connectivity index (χ0) is 19.4. The lowest BCUT2D eigenvalue weighted by Crippen LogP contribution is -2.50. The van der Waals surface area contributed by atoms with E-state index in [1.807, 2.05) is 0 Å². The van der Waals surface area contributed by atoms with Crippen LogP contribution in [0.5, 0.6) is 0 Å². The molecular weight excluding hydrogens is 367 g/mol. The summed E-state index contributed by atoms with van der Waals surface area (Å²) in [6, 6.07) is -0.145. The van der Waals surface area contributed by atoms with Crippen LogP contribution in [0.1, 0.15) is 33.1 Å². The highest BCUT2D eigenvalue weighted by Crippen LogP contribution is 2.63. The number of hydrogen-bond donors (Lipinski definition) is 3. The Balaban J connectivity index is 1.73. The van der Waals surface area contributed by atoms with Crippen LogP contribution in [-0.2, 0) is 32.7 Å². The van der Waals surface area contributed by atoms with Gasteiger partial charge in [-0.2, -0.15) is 13.9 Å². The summed E-state index contributed by atoms with van der Waals surface area (Å²) in [4.78, 5) is 45.2. The maximum Gasteiger partial charge on any atom is 0.573 e. The van der Waals surface area contributed by atoms with E-state index < -0.39 is 31.6 Å². The van der Waals surface area contributed by atoms with E-state index >= 15 is 0 Å². The second-order valence-electron chi connectivity index (χ2n) is 6.93. The molecule has 2 fully saturated rings. The van der Waals surface area contributed by atoms with Gasteiger partial charge in [0, 0.05) is 18.4 Å². The molecule has 2 aliphatic heterocycles. The lowest BCUT2D eigenvalue weighted by atomic mass is 9.87. The van der Waals surface area contributed by atoms with Crippen molar-refractivity contribution in [3.63, 3.8) is 0 Å². The highest BCUT2D eigenvalue weighted by atomic mass is 31.2. The standard InChI is InChI=1S/C15H25N2O8P/c1-15(2)9-24-26(21,22-3)25-13(15)14(20)16-7-6-12(19)23-8-10-4-5-11(18)17-10/h10,13,21H,4-9H2,1-3H3,(H-,16,17,18,20)/p+1/t10?,13-,26?/m0/s1. The van der Waals surface area contributed by atoms with Crippen molar-refractivity contribution in [3.05, 3.63) is 0 Å². The van der Waals surface area contributed by atoms with E-state index in [-0.39, 0.29) is 38.1 Å². The lowest BCUT2D eigenvalue weighted by Gasteiger charge is -2.35. The monoisotopic (exact) mass is 393 g/mol. The number of amides is 2. The van der Waals surface area contributed by atoms with Crippen LogP contribution < -0.4 is 10.6 Å². The van der Waals surface area contributed by atoms with Crippen molar-refractivity contribution in [1.82, 2.24) is 10.6 Å². The quantitative estimate of drug-likeness (QED) is 0.409. The van der Waals surface area contributed by atoms with E-state index in [9.17, 15) is 19.3 Å². The Morgan fingerprint density at radius 2 is 2.19 bits per heavy atom. The molecule has 2 heterocycles. The van der Waals surface area contributed by atoms with Gasteiger partial charge >= 0.3 is 14.1 Å². The SMILES string of the molecule is CO[P+]1(O)OCC(C)(C)[C@H](C(=O)NCCC(=O)OCC2CCC(=O)N2)O1. The number of rotatable bonds is 7. The van der Waals surface area contributed by atoms with Gasteiger partial charge in [-0.1, -0.05) is 13.8 Å². The maximum absolute atomic E-state index is 12.4. The van der Waals surface area contributed by atoms with Crippen LogP contribution in [0, 0.1) is 5.41 Å². The summed E-state index contributed by atoms with van der Waals surface area (Å²) in [5.74, 6) is -0.986. The van der Waals surface area contributed by atoms with Gasteiger partial charge in [-0.3, -0.25) is 14.4 Å². The normalized spacial score (nSPS) is 30.5. The van der Waals surface area contributed by atoms with Crippen LogP contribution in [-0.4, -0.2) is 61.7 Å². The molecule has 0 saturated carbocycles. The number of carbonyl (C=O) groups excluding carboxylic acids is 3. The molecule has 26 heavy (non-hydrogen) atoms. The summed E-state index contributed by atoms with van der Waals surface area (Å²) < 4.78 is 20.4. The molecule has 3 N–H and O–H groups in total. The minimum absolute atomic E-state index is 0.0141. The Morgan fingerprint density at radius 3 is 2.81 bits per heavy atom. The summed E-state index contributed by atoms with van der Waals surface area (Å²) in [5, 5.41) is 5.30. The minimum atomic E-state index is -3.50. The molecule has 2 saturated heterocycles. The zero-order valence-corrected chi connectivity index (χ0v) is 16.0. The second kappa shape index (κ2) is 8.58. The average molecular weight is 393 g/mol. The van der Waals surface area contributed by atoms with Gasteiger partial charge in [-0.15, -0.1) is 4.52 Å². The van der Waals surface area contributed by atoms with Crippen LogP contribution in [0.15, 0.2) is 0 Å². The van der Waals surface area contributed by atoms with Crippen molar-refractivity contribution in [2.24, 2.45) is 5.41 Å². The fourth-order valence-corrected chi connectivity index (χ4v) is 3.97. The molecule has 0 aromatic carbocycles. The molecule has 11 heteroatoms. The first-order valence-electron chi connectivity index (χ1n) is 8.38. The van der Waals surface area contributed by atoms with Gasteiger partial charge in [0.2, 0.25) is 5.91 Å². The summed E-state index contributed by atoms with van der Waals surface area (Å²) in [5.41, 5.74) is -0.671. The predicted molar refractivity (Wildman–Crippen MR) is 90.5 cm³/mol. The van der Waals surface area contributed by atoms with Gasteiger partial charge in [0.25, 0.3) is 5.91 Å². The van der Waals surface area contributed by atoms with E-state index in [0.29, 0.717) is 12.8 Å². The number of hydrogen-bond acceptors (Lipinski definition) is 8. The molecule has 0 aromatic rings. The fourth-order valence-electron chi connectivity index (χ4n) is 2.58. The zero-order valence-electron chi connectivity index (χ0n) is 15.1. The molecule has 0 aromatic heterocycles. The molecule has 2 unspecified atom stereocenters. The Bertz CT molecular complexity index is 558. The van der Waals surface area contributed by atoms with Crippen LogP contribution in [0.3, 0.4) is 0 Å². The van der Waals surface area contributed by atoms with E-state index in [1.165, 1.54) is 7.11 Å². The molecule has 2 aliphatic rings. The van der Waals surface area contributed by atoms with Gasteiger partial charge in [-0.05, 0) is 6.42 Å². The summed E-state index contributed by atoms with van der Waals surface area (Å²) in [6.07, 6.45) is 0.0965. The highest BCUT2D eigenvalue weighted by molar-refractivity contribution is 7.55. The van der Waals surface area contributed by atoms with Gasteiger partial charge in [0.05, 0.1) is 19.6 Å². The van der Waals surface area contributed by atoms with Crippen molar-refractivity contribution >= 4 is 26.0 Å². The number of nitrogens with one attached hydrogen (secondary N) is 2. The van der Waals surface area contributed by atoms with Crippen LogP contribution in [0.4, 0.5) is 0 Å².